The van der Waals surface area contributed by atoms with Crippen LogP contribution < -0.4 is 4.74 Å². The highest BCUT2D eigenvalue weighted by molar-refractivity contribution is 5.74. The van der Waals surface area contributed by atoms with Crippen molar-refractivity contribution in [3.05, 3.63) is 90.5 Å². The van der Waals surface area contributed by atoms with E-state index in [4.69, 9.17) is 4.74 Å². The van der Waals surface area contributed by atoms with Crippen LogP contribution >= 0.6 is 0 Å². The van der Waals surface area contributed by atoms with Gasteiger partial charge in [0.2, 0.25) is 0 Å². The number of benzene rings is 3. The molecule has 2 heteroatoms. The molecule has 0 unspecified atom stereocenters. The minimum Gasteiger partial charge on any atom is -0.497 e. The minimum absolute atomic E-state index is 0.667. The zero-order valence-corrected chi connectivity index (χ0v) is 12.5. The Morgan fingerprint density at radius 3 is 1.50 bits per heavy atom. The standard InChI is InChI=1S/C12H10.C8H8O2/c1-3-7-11(8-4-1)12-9-5-2-6-10-12;1-10-8-4-2-7(6-9)3-5-8/h1-10H;2-6H,1H3. The maximum absolute atomic E-state index is 10.2. The van der Waals surface area contributed by atoms with E-state index < -0.39 is 0 Å². The second-order valence-corrected chi connectivity index (χ2v) is 4.62. The maximum Gasteiger partial charge on any atom is 0.150 e. The van der Waals surface area contributed by atoms with Gasteiger partial charge in [-0.2, -0.15) is 0 Å². The van der Waals surface area contributed by atoms with Gasteiger partial charge >= 0.3 is 0 Å². The molecular formula is C20H18O2. The van der Waals surface area contributed by atoms with Gasteiger partial charge in [0.05, 0.1) is 7.11 Å². The van der Waals surface area contributed by atoms with E-state index in [0.29, 0.717) is 5.56 Å². The molecule has 3 aromatic rings. The van der Waals surface area contributed by atoms with Crippen molar-refractivity contribution in [3.63, 3.8) is 0 Å². The zero-order chi connectivity index (χ0) is 15.6. The lowest BCUT2D eigenvalue weighted by molar-refractivity contribution is 0.112. The van der Waals surface area contributed by atoms with Gasteiger partial charge in [0.25, 0.3) is 0 Å². The first-order valence-electron chi connectivity index (χ1n) is 7.03. The fraction of sp³-hybridized carbons (Fsp3) is 0.0500. The largest absolute Gasteiger partial charge is 0.497 e. The van der Waals surface area contributed by atoms with E-state index in [9.17, 15) is 4.79 Å². The lowest BCUT2D eigenvalue weighted by Gasteiger charge is -1.98. The van der Waals surface area contributed by atoms with Crippen LogP contribution in [0.1, 0.15) is 10.4 Å². The van der Waals surface area contributed by atoms with Crippen molar-refractivity contribution in [2.24, 2.45) is 0 Å². The van der Waals surface area contributed by atoms with E-state index in [1.54, 1.807) is 31.4 Å². The third kappa shape index (κ3) is 4.60. The Kier molecular flexibility index (Phi) is 5.94. The highest BCUT2D eigenvalue weighted by Crippen LogP contribution is 2.17. The molecule has 0 N–H and O–H groups in total. The maximum atomic E-state index is 10.2. The van der Waals surface area contributed by atoms with Crippen LogP contribution in [0, 0.1) is 0 Å². The number of aldehydes is 1. The van der Waals surface area contributed by atoms with Crippen molar-refractivity contribution in [2.45, 2.75) is 0 Å². The molecule has 0 aromatic heterocycles. The van der Waals surface area contributed by atoms with Crippen molar-refractivity contribution in [2.75, 3.05) is 7.11 Å². The molecule has 0 spiro atoms. The fourth-order valence-corrected chi connectivity index (χ4v) is 1.94. The fourth-order valence-electron chi connectivity index (χ4n) is 1.94. The van der Waals surface area contributed by atoms with Crippen LogP contribution in [0.5, 0.6) is 5.75 Å². The van der Waals surface area contributed by atoms with Crippen LogP contribution in [0.4, 0.5) is 0 Å². The normalized spacial score (nSPS) is 9.32. The van der Waals surface area contributed by atoms with Crippen molar-refractivity contribution >= 4 is 6.29 Å². The Morgan fingerprint density at radius 1 is 0.682 bits per heavy atom. The van der Waals surface area contributed by atoms with Gasteiger partial charge in [-0.25, -0.2) is 0 Å². The van der Waals surface area contributed by atoms with Gasteiger partial charge in [-0.05, 0) is 35.4 Å². The van der Waals surface area contributed by atoms with Gasteiger partial charge in [-0.1, -0.05) is 60.7 Å². The molecule has 0 aliphatic carbocycles. The first-order chi connectivity index (χ1) is 10.8. The summed E-state index contributed by atoms with van der Waals surface area (Å²) in [6.07, 6.45) is 0.805. The summed E-state index contributed by atoms with van der Waals surface area (Å²) < 4.78 is 4.90. The summed E-state index contributed by atoms with van der Waals surface area (Å²) in [4.78, 5) is 10.2. The van der Waals surface area contributed by atoms with Crippen LogP contribution in [0.3, 0.4) is 0 Å². The van der Waals surface area contributed by atoms with E-state index in [1.807, 2.05) is 12.1 Å². The zero-order valence-electron chi connectivity index (χ0n) is 12.5. The van der Waals surface area contributed by atoms with Crippen LogP contribution in [-0.4, -0.2) is 13.4 Å². The lowest BCUT2D eigenvalue weighted by Crippen LogP contribution is -1.82. The van der Waals surface area contributed by atoms with Crippen LogP contribution in [0.25, 0.3) is 11.1 Å². The molecule has 0 aliphatic heterocycles. The van der Waals surface area contributed by atoms with Crippen molar-refractivity contribution in [3.8, 4) is 16.9 Å². The number of methoxy groups -OCH3 is 1. The lowest BCUT2D eigenvalue weighted by atomic mass is 10.1. The number of hydrogen-bond donors (Lipinski definition) is 0. The van der Waals surface area contributed by atoms with Crippen molar-refractivity contribution < 1.29 is 9.53 Å². The molecule has 3 aromatic carbocycles. The first kappa shape index (κ1) is 15.5. The molecule has 2 nitrogen and oxygen atoms in total. The van der Waals surface area contributed by atoms with Crippen molar-refractivity contribution in [1.82, 2.24) is 0 Å². The van der Waals surface area contributed by atoms with Gasteiger partial charge in [-0.3, -0.25) is 4.79 Å². The summed E-state index contributed by atoms with van der Waals surface area (Å²) in [6.45, 7) is 0. The predicted octanol–water partition coefficient (Wildman–Crippen LogP) is 4.86. The summed E-state index contributed by atoms with van der Waals surface area (Å²) in [7, 11) is 1.59. The van der Waals surface area contributed by atoms with Crippen LogP contribution in [-0.2, 0) is 0 Å². The van der Waals surface area contributed by atoms with E-state index >= 15 is 0 Å². The average molecular weight is 290 g/mol. The van der Waals surface area contributed by atoms with Crippen LogP contribution in [0.15, 0.2) is 84.9 Å². The number of rotatable bonds is 3. The van der Waals surface area contributed by atoms with Crippen LogP contribution in [0.2, 0.25) is 0 Å². The molecule has 110 valence electrons. The SMILES string of the molecule is COc1ccc(C=O)cc1.c1ccc(-c2ccccc2)cc1. The summed E-state index contributed by atoms with van der Waals surface area (Å²) in [5.41, 5.74) is 3.22. The molecule has 0 saturated heterocycles. The summed E-state index contributed by atoms with van der Waals surface area (Å²) in [6, 6.07) is 27.7. The molecule has 0 saturated carbocycles. The monoisotopic (exact) mass is 290 g/mol. The Morgan fingerprint density at radius 2 is 1.14 bits per heavy atom. The first-order valence-corrected chi connectivity index (χ1v) is 7.03. The molecule has 0 amide bonds. The van der Waals surface area contributed by atoms with Gasteiger partial charge in [0, 0.05) is 5.56 Å². The molecular weight excluding hydrogens is 272 g/mol. The summed E-state index contributed by atoms with van der Waals surface area (Å²) in [5, 5.41) is 0. The summed E-state index contributed by atoms with van der Waals surface area (Å²) >= 11 is 0. The summed E-state index contributed by atoms with van der Waals surface area (Å²) in [5.74, 6) is 0.769. The smallest absolute Gasteiger partial charge is 0.150 e. The topological polar surface area (TPSA) is 26.3 Å². The minimum atomic E-state index is 0.667. The predicted molar refractivity (Wildman–Crippen MR) is 90.3 cm³/mol. The van der Waals surface area contributed by atoms with Crippen molar-refractivity contribution in [1.29, 1.82) is 0 Å². The highest BCUT2D eigenvalue weighted by Gasteiger charge is 1.92. The second kappa shape index (κ2) is 8.42. The Bertz CT molecular complexity index is 636. The van der Waals surface area contributed by atoms with E-state index in [2.05, 4.69) is 48.5 Å². The number of ether oxygens (including phenoxy) is 1. The van der Waals surface area contributed by atoms with Gasteiger partial charge in [0.1, 0.15) is 12.0 Å². The highest BCUT2D eigenvalue weighted by atomic mass is 16.5. The quantitative estimate of drug-likeness (QED) is 0.644. The number of carbonyl (C=O) groups excluding carboxylic acids is 1. The molecule has 0 heterocycles. The third-order valence-electron chi connectivity index (χ3n) is 3.13. The van der Waals surface area contributed by atoms with Gasteiger partial charge in [-0.15, -0.1) is 0 Å². The average Bonchev–Trinajstić information content (AvgIpc) is 2.64. The molecule has 0 bridgehead atoms. The Hall–Kier alpha value is -2.87. The number of hydrogen-bond acceptors (Lipinski definition) is 2. The molecule has 22 heavy (non-hydrogen) atoms. The molecule has 0 atom stereocenters. The Labute approximate surface area is 131 Å². The third-order valence-corrected chi connectivity index (χ3v) is 3.13. The van der Waals surface area contributed by atoms with E-state index in [-0.39, 0.29) is 0 Å². The van der Waals surface area contributed by atoms with E-state index in [0.717, 1.165) is 12.0 Å². The van der Waals surface area contributed by atoms with Gasteiger partial charge in [0.15, 0.2) is 0 Å². The molecule has 3 rings (SSSR count). The second-order valence-electron chi connectivity index (χ2n) is 4.62. The Balaban J connectivity index is 0.000000164. The molecule has 0 radical (unpaired) electrons. The molecule has 0 aliphatic rings. The molecule has 0 fully saturated rings. The van der Waals surface area contributed by atoms with E-state index in [1.165, 1.54) is 11.1 Å². The number of carbonyl (C=O) groups is 1. The van der Waals surface area contributed by atoms with Gasteiger partial charge < -0.3 is 4.74 Å².